The van der Waals surface area contributed by atoms with Gasteiger partial charge < -0.3 is 5.11 Å². The Morgan fingerprint density at radius 2 is 2.12 bits per heavy atom. The molecule has 1 saturated carbocycles. The molecule has 4 aliphatic carbocycles. The number of carbonyl (C=O) groups is 1. The van der Waals surface area contributed by atoms with Gasteiger partial charge in [-0.1, -0.05) is 23.8 Å². The number of fused-ring (bicyclic) bond motifs is 1. The highest BCUT2D eigenvalue weighted by Gasteiger charge is 2.64. The third-order valence-electron chi connectivity index (χ3n) is 4.91. The van der Waals surface area contributed by atoms with E-state index in [-0.39, 0.29) is 11.7 Å². The normalized spacial score (nSPS) is 54.1. The zero-order valence-electron chi connectivity index (χ0n) is 10.0. The largest absolute Gasteiger partial charge is 0.382 e. The lowest BCUT2D eigenvalue weighted by atomic mass is 9.48. The van der Waals surface area contributed by atoms with E-state index in [4.69, 9.17) is 0 Å². The van der Waals surface area contributed by atoms with Crippen LogP contribution in [0.2, 0.25) is 0 Å². The Balaban J connectivity index is 2.24. The summed E-state index contributed by atoms with van der Waals surface area (Å²) in [4.78, 5) is 12.4. The van der Waals surface area contributed by atoms with Gasteiger partial charge in [0.25, 0.3) is 0 Å². The van der Waals surface area contributed by atoms with E-state index in [9.17, 15) is 9.90 Å². The molecule has 16 heavy (non-hydrogen) atoms. The highest BCUT2D eigenvalue weighted by molar-refractivity contribution is 5.97. The quantitative estimate of drug-likeness (QED) is 0.632. The Labute approximate surface area is 96.0 Å². The van der Waals surface area contributed by atoms with Gasteiger partial charge in [-0.3, -0.25) is 4.79 Å². The number of allylic oxidation sites excluding steroid dienone is 3. The lowest BCUT2D eigenvalue weighted by molar-refractivity contribution is -0.165. The van der Waals surface area contributed by atoms with Crippen LogP contribution in [-0.4, -0.2) is 16.5 Å². The first-order chi connectivity index (χ1) is 7.39. The first-order valence-electron chi connectivity index (χ1n) is 6.02. The number of hydrogen-bond donors (Lipinski definition) is 1. The van der Waals surface area contributed by atoms with Crippen LogP contribution in [0.5, 0.6) is 0 Å². The van der Waals surface area contributed by atoms with Gasteiger partial charge in [0.05, 0.1) is 5.41 Å². The average molecular weight is 218 g/mol. The molecule has 2 bridgehead atoms. The van der Waals surface area contributed by atoms with Gasteiger partial charge in [0.2, 0.25) is 0 Å². The molecule has 4 aliphatic rings. The Morgan fingerprint density at radius 3 is 2.81 bits per heavy atom. The number of rotatable bonds is 0. The number of carbonyl (C=O) groups excluding carboxylic acids is 1. The van der Waals surface area contributed by atoms with Crippen molar-refractivity contribution in [2.45, 2.75) is 32.8 Å². The van der Waals surface area contributed by atoms with Gasteiger partial charge in [0, 0.05) is 5.92 Å². The van der Waals surface area contributed by atoms with Gasteiger partial charge in [-0.25, -0.2) is 0 Å². The van der Waals surface area contributed by atoms with Crippen LogP contribution < -0.4 is 0 Å². The molecule has 0 saturated heterocycles. The SMILES string of the molecule is CC1=C[C@]2(C)C(=O)C(C)(O)[C@@H]1[C@H]1CC=C[C@@H]12. The number of ketones is 1. The lowest BCUT2D eigenvalue weighted by Crippen LogP contribution is -2.63. The topological polar surface area (TPSA) is 37.3 Å². The second-order valence-corrected chi connectivity index (χ2v) is 5.98. The van der Waals surface area contributed by atoms with Crippen molar-refractivity contribution in [2.24, 2.45) is 23.2 Å². The summed E-state index contributed by atoms with van der Waals surface area (Å²) in [5.41, 5.74) is -0.460. The minimum absolute atomic E-state index is 0.00315. The van der Waals surface area contributed by atoms with Crippen molar-refractivity contribution in [3.05, 3.63) is 23.8 Å². The second kappa shape index (κ2) is 2.67. The van der Waals surface area contributed by atoms with Crippen molar-refractivity contribution in [3.8, 4) is 0 Å². The molecule has 1 unspecified atom stereocenters. The maximum Gasteiger partial charge on any atom is 0.174 e. The van der Waals surface area contributed by atoms with Crippen LogP contribution in [0.4, 0.5) is 0 Å². The third-order valence-corrected chi connectivity index (χ3v) is 4.91. The fourth-order valence-electron chi connectivity index (χ4n) is 4.42. The fraction of sp³-hybridized carbons (Fsp3) is 0.643. The highest BCUT2D eigenvalue weighted by Crippen LogP contribution is 2.60. The zero-order chi connectivity index (χ0) is 11.7. The van der Waals surface area contributed by atoms with Gasteiger partial charge in [-0.15, -0.1) is 0 Å². The Hall–Kier alpha value is -0.890. The van der Waals surface area contributed by atoms with Crippen LogP contribution in [0.1, 0.15) is 27.2 Å². The predicted molar refractivity (Wildman–Crippen MR) is 61.7 cm³/mol. The van der Waals surface area contributed by atoms with Crippen molar-refractivity contribution >= 4 is 5.78 Å². The van der Waals surface area contributed by atoms with Crippen molar-refractivity contribution in [1.82, 2.24) is 0 Å². The zero-order valence-corrected chi connectivity index (χ0v) is 10.0. The molecule has 0 amide bonds. The van der Waals surface area contributed by atoms with Gasteiger partial charge in [-0.05, 0) is 39.0 Å². The van der Waals surface area contributed by atoms with E-state index < -0.39 is 11.0 Å². The summed E-state index contributed by atoms with van der Waals surface area (Å²) in [5, 5.41) is 10.5. The molecule has 0 aromatic heterocycles. The van der Waals surface area contributed by atoms with Crippen LogP contribution in [0.15, 0.2) is 23.8 Å². The molecular formula is C14H18O2. The summed E-state index contributed by atoms with van der Waals surface area (Å²) < 4.78 is 0. The number of Topliss-reactive ketones (excluding diaryl/α,β-unsaturated/α-hetero) is 1. The molecule has 0 heterocycles. The molecule has 5 atom stereocenters. The van der Waals surface area contributed by atoms with Crippen LogP contribution in [0.3, 0.4) is 0 Å². The molecule has 1 N–H and O–H groups in total. The van der Waals surface area contributed by atoms with Crippen molar-refractivity contribution in [1.29, 1.82) is 0 Å². The molecule has 2 heteroatoms. The van der Waals surface area contributed by atoms with E-state index in [0.29, 0.717) is 11.8 Å². The average Bonchev–Trinajstić information content (AvgIpc) is 2.63. The van der Waals surface area contributed by atoms with Gasteiger partial charge >= 0.3 is 0 Å². The maximum atomic E-state index is 12.4. The van der Waals surface area contributed by atoms with Crippen molar-refractivity contribution in [3.63, 3.8) is 0 Å². The monoisotopic (exact) mass is 218 g/mol. The summed E-state index contributed by atoms with van der Waals surface area (Å²) in [7, 11) is 0. The lowest BCUT2D eigenvalue weighted by Gasteiger charge is -2.56. The summed E-state index contributed by atoms with van der Waals surface area (Å²) in [6.45, 7) is 5.73. The van der Waals surface area contributed by atoms with Crippen molar-refractivity contribution in [2.75, 3.05) is 0 Å². The molecule has 0 aromatic rings. The summed E-state index contributed by atoms with van der Waals surface area (Å²) >= 11 is 0. The minimum Gasteiger partial charge on any atom is -0.382 e. The molecule has 0 aliphatic heterocycles. The van der Waals surface area contributed by atoms with Gasteiger partial charge in [0.1, 0.15) is 5.60 Å². The first-order valence-corrected chi connectivity index (χ1v) is 6.02. The molecule has 0 spiro atoms. The molecule has 0 radical (unpaired) electrons. The fourth-order valence-corrected chi connectivity index (χ4v) is 4.42. The van der Waals surface area contributed by atoms with Crippen LogP contribution in [0.25, 0.3) is 0 Å². The number of aliphatic hydroxyl groups is 1. The minimum atomic E-state index is -1.17. The van der Waals surface area contributed by atoms with E-state index in [0.717, 1.165) is 6.42 Å². The first kappa shape index (κ1) is 10.3. The Bertz CT molecular complexity index is 430. The second-order valence-electron chi connectivity index (χ2n) is 5.98. The van der Waals surface area contributed by atoms with Crippen LogP contribution >= 0.6 is 0 Å². The summed E-state index contributed by atoms with van der Waals surface area (Å²) in [6.07, 6.45) is 7.43. The Kier molecular flexibility index (Phi) is 1.72. The highest BCUT2D eigenvalue weighted by atomic mass is 16.3. The van der Waals surface area contributed by atoms with Gasteiger partial charge in [-0.2, -0.15) is 0 Å². The van der Waals surface area contributed by atoms with E-state index in [1.54, 1.807) is 6.92 Å². The molecule has 86 valence electrons. The van der Waals surface area contributed by atoms with E-state index in [1.807, 2.05) is 6.92 Å². The van der Waals surface area contributed by atoms with E-state index in [2.05, 4.69) is 25.2 Å². The van der Waals surface area contributed by atoms with Crippen LogP contribution in [-0.2, 0) is 4.79 Å². The van der Waals surface area contributed by atoms with Crippen LogP contribution in [0, 0.1) is 23.2 Å². The molecular weight excluding hydrogens is 200 g/mol. The smallest absolute Gasteiger partial charge is 0.174 e. The molecule has 2 nitrogen and oxygen atoms in total. The molecule has 4 rings (SSSR count). The predicted octanol–water partition coefficient (Wildman–Crippen LogP) is 2.09. The standard InChI is InChI=1S/C14H18O2/c1-8-7-13(2)10-6-4-5-9(10)11(8)14(3,16)12(13)15/h4,6-7,9-11,16H,5H2,1-3H3/t9-,10-,11-,13-,14?/m0/s1. The van der Waals surface area contributed by atoms with Gasteiger partial charge in [0.15, 0.2) is 5.78 Å². The molecule has 0 aromatic carbocycles. The third kappa shape index (κ3) is 0.904. The number of hydrogen-bond acceptors (Lipinski definition) is 2. The van der Waals surface area contributed by atoms with E-state index >= 15 is 0 Å². The summed E-state index contributed by atoms with van der Waals surface area (Å²) in [6, 6.07) is 0. The van der Waals surface area contributed by atoms with Crippen molar-refractivity contribution < 1.29 is 9.90 Å². The molecule has 1 fully saturated rings. The summed E-state index contributed by atoms with van der Waals surface area (Å²) in [5.74, 6) is 0.738. The van der Waals surface area contributed by atoms with E-state index in [1.165, 1.54) is 5.57 Å². The maximum absolute atomic E-state index is 12.4. The Morgan fingerprint density at radius 1 is 1.44 bits per heavy atom.